The number of nitrogens with zero attached hydrogens (tertiary/aromatic N) is 2. The average Bonchev–Trinajstić information content (AvgIpc) is 3.01. The monoisotopic (exact) mass is 328 g/mol. The maximum Gasteiger partial charge on any atom is 0.268 e. The van der Waals surface area contributed by atoms with Crippen molar-refractivity contribution in [3.8, 4) is 0 Å². The average molecular weight is 328 g/mol. The van der Waals surface area contributed by atoms with Gasteiger partial charge < -0.3 is 10.4 Å². The minimum Gasteiger partial charge on any atom is -0.308 e. The Bertz CT molecular complexity index is 842. The van der Waals surface area contributed by atoms with Gasteiger partial charge in [0.05, 0.1) is 11.6 Å². The van der Waals surface area contributed by atoms with E-state index in [0.29, 0.717) is 4.70 Å². The molecule has 5 heterocycles. The molecular weight excluding hydrogens is 308 g/mol. The fourth-order valence-corrected chi connectivity index (χ4v) is 4.84. The van der Waals surface area contributed by atoms with Crippen molar-refractivity contribution in [1.82, 2.24) is 14.9 Å². The summed E-state index contributed by atoms with van der Waals surface area (Å²) >= 11 is 1.41. The van der Waals surface area contributed by atoms with E-state index in [1.165, 1.54) is 30.4 Å². The number of aromatic amines is 1. The summed E-state index contributed by atoms with van der Waals surface area (Å²) in [6.45, 7) is 4.13. The summed E-state index contributed by atoms with van der Waals surface area (Å²) in [6, 6.07) is 2.20. The van der Waals surface area contributed by atoms with Crippen LogP contribution in [0.2, 0.25) is 0 Å². The molecule has 5 nitrogen and oxygen atoms in total. The van der Waals surface area contributed by atoms with Crippen molar-refractivity contribution < 1.29 is 0 Å². The lowest BCUT2D eigenvalue weighted by Crippen LogP contribution is -2.44. The molecule has 120 valence electrons. The number of hydrogen-bond acceptors (Lipinski definition) is 5. The molecular formula is C17H20N4OS. The van der Waals surface area contributed by atoms with E-state index in [2.05, 4.69) is 9.88 Å². The van der Waals surface area contributed by atoms with Gasteiger partial charge in [-0.1, -0.05) is 6.08 Å². The maximum atomic E-state index is 12.5. The van der Waals surface area contributed by atoms with Crippen LogP contribution in [0.5, 0.6) is 0 Å². The molecule has 0 amide bonds. The minimum atomic E-state index is -0.0515. The number of hydrogen-bond donors (Lipinski definition) is 2. The topological polar surface area (TPSA) is 72.8 Å². The molecule has 0 saturated carbocycles. The molecule has 0 aromatic carbocycles. The molecule has 2 aromatic heterocycles. The molecule has 0 radical (unpaired) electrons. The second-order valence-corrected chi connectivity index (χ2v) is 7.45. The number of nitrogens with one attached hydrogen (secondary N) is 2. The van der Waals surface area contributed by atoms with Gasteiger partial charge in [-0.2, -0.15) is 0 Å². The third-order valence-electron chi connectivity index (χ3n) is 5.11. The number of piperidine rings is 3. The third-order valence-corrected chi connectivity index (χ3v) is 6.29. The van der Waals surface area contributed by atoms with Crippen LogP contribution in [0.1, 0.15) is 42.9 Å². The van der Waals surface area contributed by atoms with Crippen LogP contribution < -0.4 is 5.56 Å². The van der Waals surface area contributed by atoms with Gasteiger partial charge in [0.25, 0.3) is 5.56 Å². The number of thiophene rings is 1. The maximum absolute atomic E-state index is 12.5. The van der Waals surface area contributed by atoms with Gasteiger partial charge in [0.1, 0.15) is 10.5 Å². The third kappa shape index (κ3) is 2.46. The number of aromatic nitrogens is 2. The zero-order valence-electron chi connectivity index (χ0n) is 13.1. The van der Waals surface area contributed by atoms with Crippen LogP contribution in [0.15, 0.2) is 16.9 Å². The Hall–Kier alpha value is -1.79. The SMILES string of the molecule is C/C=C(/C=N)c1cc2nc(C3CC4CCN3CC4)[nH]c(=O)c2s1. The molecule has 1 unspecified atom stereocenters. The van der Waals surface area contributed by atoms with E-state index in [-0.39, 0.29) is 11.6 Å². The molecule has 2 bridgehead atoms. The first-order chi connectivity index (χ1) is 11.2. The van der Waals surface area contributed by atoms with Gasteiger partial charge in [0.15, 0.2) is 0 Å². The van der Waals surface area contributed by atoms with E-state index in [4.69, 9.17) is 10.4 Å². The first kappa shape index (κ1) is 14.8. The smallest absolute Gasteiger partial charge is 0.268 e. The van der Waals surface area contributed by atoms with Gasteiger partial charge in [-0.15, -0.1) is 11.3 Å². The van der Waals surface area contributed by atoms with Crippen LogP contribution in [0.4, 0.5) is 0 Å². The zero-order chi connectivity index (χ0) is 16.0. The van der Waals surface area contributed by atoms with Crippen molar-refractivity contribution >= 4 is 33.3 Å². The van der Waals surface area contributed by atoms with Crippen LogP contribution in [0.3, 0.4) is 0 Å². The Balaban J connectivity index is 1.78. The van der Waals surface area contributed by atoms with E-state index in [0.717, 1.165) is 47.2 Å². The normalized spacial score (nSPS) is 27.5. The summed E-state index contributed by atoms with van der Waals surface area (Å²) in [5.74, 6) is 1.59. The van der Waals surface area contributed by atoms with Gasteiger partial charge in [0.2, 0.25) is 0 Å². The Morgan fingerprint density at radius 1 is 1.48 bits per heavy atom. The number of H-pyrrole nitrogens is 1. The van der Waals surface area contributed by atoms with Crippen molar-refractivity contribution in [3.63, 3.8) is 0 Å². The van der Waals surface area contributed by atoms with E-state index in [9.17, 15) is 4.79 Å². The summed E-state index contributed by atoms with van der Waals surface area (Å²) in [6.07, 6.45) is 6.86. The van der Waals surface area contributed by atoms with E-state index in [1.807, 2.05) is 19.1 Å². The summed E-state index contributed by atoms with van der Waals surface area (Å²) in [4.78, 5) is 23.6. The molecule has 6 heteroatoms. The van der Waals surface area contributed by atoms with Crippen LogP contribution in [-0.2, 0) is 0 Å². The second-order valence-electron chi connectivity index (χ2n) is 6.40. The second kappa shape index (κ2) is 5.69. The summed E-state index contributed by atoms with van der Waals surface area (Å²) in [5.41, 5.74) is 1.53. The van der Waals surface area contributed by atoms with Gasteiger partial charge >= 0.3 is 0 Å². The Kier molecular flexibility index (Phi) is 3.66. The first-order valence-corrected chi connectivity index (χ1v) is 8.96. The number of allylic oxidation sites excluding steroid dienone is 2. The molecule has 3 aliphatic rings. The fourth-order valence-electron chi connectivity index (χ4n) is 3.80. The van der Waals surface area contributed by atoms with E-state index in [1.54, 1.807) is 0 Å². The number of fused-ring (bicyclic) bond motifs is 4. The van der Waals surface area contributed by atoms with E-state index < -0.39 is 0 Å². The predicted molar refractivity (Wildman–Crippen MR) is 94.3 cm³/mol. The summed E-state index contributed by atoms with van der Waals surface area (Å²) in [5, 5.41) is 7.48. The van der Waals surface area contributed by atoms with Crippen molar-refractivity contribution in [2.24, 2.45) is 5.92 Å². The van der Waals surface area contributed by atoms with Gasteiger partial charge in [-0.3, -0.25) is 9.69 Å². The Labute approximate surface area is 138 Å². The molecule has 3 aliphatic heterocycles. The van der Waals surface area contributed by atoms with Gasteiger partial charge in [-0.05, 0) is 51.3 Å². The first-order valence-electron chi connectivity index (χ1n) is 8.14. The molecule has 1 atom stereocenters. The van der Waals surface area contributed by atoms with Gasteiger partial charge in [0, 0.05) is 16.7 Å². The molecule has 5 rings (SSSR count). The van der Waals surface area contributed by atoms with Crippen LogP contribution >= 0.6 is 11.3 Å². The molecule has 2 N–H and O–H groups in total. The molecule has 0 spiro atoms. The Morgan fingerprint density at radius 2 is 2.26 bits per heavy atom. The lowest BCUT2D eigenvalue weighted by Gasteiger charge is -2.44. The molecule has 0 aliphatic carbocycles. The lowest BCUT2D eigenvalue weighted by atomic mass is 9.83. The van der Waals surface area contributed by atoms with Gasteiger partial charge in [-0.25, -0.2) is 4.98 Å². The lowest BCUT2D eigenvalue weighted by molar-refractivity contribution is 0.0445. The highest BCUT2D eigenvalue weighted by Gasteiger charge is 2.35. The van der Waals surface area contributed by atoms with Crippen molar-refractivity contribution in [2.45, 2.75) is 32.2 Å². The van der Waals surface area contributed by atoms with Crippen LogP contribution in [0, 0.1) is 11.3 Å². The molecule has 3 fully saturated rings. The van der Waals surface area contributed by atoms with Crippen LogP contribution in [0.25, 0.3) is 15.8 Å². The highest BCUT2D eigenvalue weighted by molar-refractivity contribution is 7.20. The highest BCUT2D eigenvalue weighted by Crippen LogP contribution is 2.39. The van der Waals surface area contributed by atoms with E-state index >= 15 is 0 Å². The summed E-state index contributed by atoms with van der Waals surface area (Å²) in [7, 11) is 0. The van der Waals surface area contributed by atoms with Crippen LogP contribution in [-0.4, -0.2) is 34.2 Å². The summed E-state index contributed by atoms with van der Waals surface area (Å²) < 4.78 is 0.654. The zero-order valence-corrected chi connectivity index (χ0v) is 13.9. The standard InChI is InChI=1S/C17H20N4OS/c1-2-11(9-18)14-8-12-15(23-14)17(22)20-16(19-12)13-7-10-3-5-21(13)6-4-10/h2,8-10,13,18H,3-7H2,1H3,(H,19,20,22)/b11-2-,18-9?. The largest absolute Gasteiger partial charge is 0.308 e. The highest BCUT2D eigenvalue weighted by atomic mass is 32.1. The van der Waals surface area contributed by atoms with Crippen molar-refractivity contribution in [1.29, 1.82) is 5.41 Å². The van der Waals surface area contributed by atoms with Crippen molar-refractivity contribution in [2.75, 3.05) is 13.1 Å². The Morgan fingerprint density at radius 3 is 2.87 bits per heavy atom. The minimum absolute atomic E-state index is 0.0515. The molecule has 2 aromatic rings. The number of rotatable bonds is 3. The molecule has 23 heavy (non-hydrogen) atoms. The quantitative estimate of drug-likeness (QED) is 0.850. The molecule has 3 saturated heterocycles. The predicted octanol–water partition coefficient (Wildman–Crippen LogP) is 3.19. The fraction of sp³-hybridized carbons (Fsp3) is 0.471. The van der Waals surface area contributed by atoms with Crippen molar-refractivity contribution in [3.05, 3.63) is 33.2 Å².